The summed E-state index contributed by atoms with van der Waals surface area (Å²) >= 11 is 1.95. The van der Waals surface area contributed by atoms with Gasteiger partial charge in [0, 0.05) is 11.0 Å². The molecule has 1 unspecified atom stereocenters. The van der Waals surface area contributed by atoms with Gasteiger partial charge in [-0.25, -0.2) is 0 Å². The standard InChI is InChI=1S/C16H18OS/c1-13(15-8-4-3-5-9-15)18-12-14-7-6-10-16(11-14)17-2/h3-11,13H,12H2,1-2H3. The lowest BCUT2D eigenvalue weighted by atomic mass is 10.2. The predicted molar refractivity (Wildman–Crippen MR) is 79.1 cm³/mol. The summed E-state index contributed by atoms with van der Waals surface area (Å²) in [6, 6.07) is 18.9. The molecule has 0 saturated heterocycles. The van der Waals surface area contributed by atoms with Crippen LogP contribution in [0.15, 0.2) is 54.6 Å². The van der Waals surface area contributed by atoms with E-state index in [1.807, 2.05) is 23.9 Å². The Morgan fingerprint density at radius 3 is 2.56 bits per heavy atom. The third kappa shape index (κ3) is 3.54. The zero-order valence-electron chi connectivity index (χ0n) is 10.8. The van der Waals surface area contributed by atoms with E-state index >= 15 is 0 Å². The summed E-state index contributed by atoms with van der Waals surface area (Å²) in [7, 11) is 1.71. The predicted octanol–water partition coefficient (Wildman–Crippen LogP) is 4.69. The Bertz CT molecular complexity index is 481. The minimum Gasteiger partial charge on any atom is -0.497 e. The highest BCUT2D eigenvalue weighted by atomic mass is 32.2. The van der Waals surface area contributed by atoms with Crippen LogP contribution in [0.4, 0.5) is 0 Å². The molecule has 0 aliphatic heterocycles. The lowest BCUT2D eigenvalue weighted by Crippen LogP contribution is -1.90. The zero-order valence-corrected chi connectivity index (χ0v) is 11.6. The zero-order chi connectivity index (χ0) is 12.8. The lowest BCUT2D eigenvalue weighted by Gasteiger charge is -2.12. The van der Waals surface area contributed by atoms with E-state index in [1.54, 1.807) is 7.11 Å². The fourth-order valence-electron chi connectivity index (χ4n) is 1.80. The molecule has 0 amide bonds. The van der Waals surface area contributed by atoms with E-state index in [2.05, 4.69) is 49.4 Å². The molecular weight excluding hydrogens is 240 g/mol. The first-order valence-corrected chi connectivity index (χ1v) is 7.14. The topological polar surface area (TPSA) is 9.23 Å². The lowest BCUT2D eigenvalue weighted by molar-refractivity contribution is 0.414. The van der Waals surface area contributed by atoms with Gasteiger partial charge in [0.2, 0.25) is 0 Å². The van der Waals surface area contributed by atoms with Crippen molar-refractivity contribution in [3.63, 3.8) is 0 Å². The van der Waals surface area contributed by atoms with Gasteiger partial charge < -0.3 is 4.74 Å². The van der Waals surface area contributed by atoms with Gasteiger partial charge >= 0.3 is 0 Å². The maximum Gasteiger partial charge on any atom is 0.119 e. The average Bonchev–Trinajstić information content (AvgIpc) is 2.46. The Kier molecular flexibility index (Phi) is 4.71. The summed E-state index contributed by atoms with van der Waals surface area (Å²) in [5.41, 5.74) is 2.69. The van der Waals surface area contributed by atoms with Gasteiger partial charge in [-0.05, 0) is 30.2 Å². The van der Waals surface area contributed by atoms with E-state index in [4.69, 9.17) is 4.74 Å². The molecule has 0 saturated carbocycles. The highest BCUT2D eigenvalue weighted by Gasteiger charge is 2.05. The van der Waals surface area contributed by atoms with E-state index in [1.165, 1.54) is 11.1 Å². The summed E-state index contributed by atoms with van der Waals surface area (Å²) in [5, 5.41) is 0.511. The summed E-state index contributed by atoms with van der Waals surface area (Å²) in [6.07, 6.45) is 0. The largest absolute Gasteiger partial charge is 0.497 e. The smallest absolute Gasteiger partial charge is 0.119 e. The maximum atomic E-state index is 5.24. The van der Waals surface area contributed by atoms with Crippen molar-refractivity contribution in [3.05, 3.63) is 65.7 Å². The molecule has 1 nitrogen and oxygen atoms in total. The molecular formula is C16H18OS. The number of thioether (sulfide) groups is 1. The molecule has 0 aromatic heterocycles. The maximum absolute atomic E-state index is 5.24. The van der Waals surface area contributed by atoms with Gasteiger partial charge in [-0.2, -0.15) is 0 Å². The van der Waals surface area contributed by atoms with E-state index in [-0.39, 0.29) is 0 Å². The van der Waals surface area contributed by atoms with Gasteiger partial charge in [-0.15, -0.1) is 11.8 Å². The van der Waals surface area contributed by atoms with Gasteiger partial charge in [0.15, 0.2) is 0 Å². The van der Waals surface area contributed by atoms with Gasteiger partial charge in [-0.3, -0.25) is 0 Å². The number of hydrogen-bond donors (Lipinski definition) is 0. The number of benzene rings is 2. The molecule has 1 atom stereocenters. The monoisotopic (exact) mass is 258 g/mol. The molecule has 0 heterocycles. The highest BCUT2D eigenvalue weighted by molar-refractivity contribution is 7.98. The molecule has 0 aliphatic carbocycles. The van der Waals surface area contributed by atoms with E-state index in [9.17, 15) is 0 Å². The Hall–Kier alpha value is -1.41. The van der Waals surface area contributed by atoms with Crippen LogP contribution >= 0.6 is 11.8 Å². The first kappa shape index (κ1) is 13.0. The molecule has 94 valence electrons. The van der Waals surface area contributed by atoms with Crippen LogP contribution in [0.2, 0.25) is 0 Å². The third-order valence-electron chi connectivity index (χ3n) is 2.90. The minimum atomic E-state index is 0.511. The Labute approximate surface area is 113 Å². The molecule has 18 heavy (non-hydrogen) atoms. The average molecular weight is 258 g/mol. The number of hydrogen-bond acceptors (Lipinski definition) is 2. The Morgan fingerprint density at radius 2 is 1.83 bits per heavy atom. The van der Waals surface area contributed by atoms with E-state index in [0.717, 1.165) is 11.5 Å². The van der Waals surface area contributed by atoms with Gasteiger partial charge in [0.25, 0.3) is 0 Å². The number of methoxy groups -OCH3 is 1. The summed E-state index contributed by atoms with van der Waals surface area (Å²) in [4.78, 5) is 0. The van der Waals surface area contributed by atoms with E-state index < -0.39 is 0 Å². The van der Waals surface area contributed by atoms with Crippen LogP contribution in [0.1, 0.15) is 23.3 Å². The van der Waals surface area contributed by atoms with Crippen LogP contribution in [0.3, 0.4) is 0 Å². The number of ether oxygens (including phenoxy) is 1. The second kappa shape index (κ2) is 6.50. The van der Waals surface area contributed by atoms with Crippen LogP contribution in [0.25, 0.3) is 0 Å². The molecule has 0 radical (unpaired) electrons. The third-order valence-corrected chi connectivity index (χ3v) is 4.18. The molecule has 2 aromatic carbocycles. The molecule has 0 fully saturated rings. The van der Waals surface area contributed by atoms with Crippen molar-refractivity contribution in [2.24, 2.45) is 0 Å². The molecule has 2 aromatic rings. The van der Waals surface area contributed by atoms with Crippen LogP contribution in [0, 0.1) is 0 Å². The Balaban J connectivity index is 1.95. The van der Waals surface area contributed by atoms with Crippen LogP contribution in [-0.4, -0.2) is 7.11 Å². The van der Waals surface area contributed by atoms with Gasteiger partial charge in [0.1, 0.15) is 5.75 Å². The normalized spacial score (nSPS) is 12.1. The molecule has 0 bridgehead atoms. The second-order valence-electron chi connectivity index (χ2n) is 4.22. The minimum absolute atomic E-state index is 0.511. The van der Waals surface area contributed by atoms with E-state index in [0.29, 0.717) is 5.25 Å². The van der Waals surface area contributed by atoms with Crippen molar-refractivity contribution in [2.75, 3.05) is 7.11 Å². The second-order valence-corrected chi connectivity index (χ2v) is 5.54. The molecule has 0 N–H and O–H groups in total. The molecule has 2 rings (SSSR count). The van der Waals surface area contributed by atoms with Crippen molar-refractivity contribution in [2.45, 2.75) is 17.9 Å². The van der Waals surface area contributed by atoms with Crippen molar-refractivity contribution in [3.8, 4) is 5.75 Å². The Morgan fingerprint density at radius 1 is 1.06 bits per heavy atom. The SMILES string of the molecule is COc1cccc(CSC(C)c2ccccc2)c1. The molecule has 0 spiro atoms. The van der Waals surface area contributed by atoms with Gasteiger partial charge in [-0.1, -0.05) is 42.5 Å². The van der Waals surface area contributed by atoms with Crippen molar-refractivity contribution < 1.29 is 4.74 Å². The quantitative estimate of drug-likeness (QED) is 0.769. The summed E-state index contributed by atoms with van der Waals surface area (Å²) < 4.78 is 5.24. The first-order valence-electron chi connectivity index (χ1n) is 6.09. The number of rotatable bonds is 5. The van der Waals surface area contributed by atoms with Crippen molar-refractivity contribution >= 4 is 11.8 Å². The van der Waals surface area contributed by atoms with Crippen molar-refractivity contribution in [1.29, 1.82) is 0 Å². The highest BCUT2D eigenvalue weighted by Crippen LogP contribution is 2.31. The van der Waals surface area contributed by atoms with Gasteiger partial charge in [0.05, 0.1) is 7.11 Å². The first-order chi connectivity index (χ1) is 8.79. The summed E-state index contributed by atoms with van der Waals surface area (Å²) in [5.74, 6) is 1.94. The fourth-order valence-corrected chi connectivity index (χ4v) is 2.78. The fraction of sp³-hybridized carbons (Fsp3) is 0.250. The molecule has 2 heteroatoms. The molecule has 0 aliphatic rings. The summed E-state index contributed by atoms with van der Waals surface area (Å²) in [6.45, 7) is 2.25. The van der Waals surface area contributed by atoms with Crippen molar-refractivity contribution in [1.82, 2.24) is 0 Å². The van der Waals surface area contributed by atoms with Crippen LogP contribution in [-0.2, 0) is 5.75 Å². The van der Waals surface area contributed by atoms with Crippen LogP contribution in [0.5, 0.6) is 5.75 Å². The van der Waals surface area contributed by atoms with Crippen LogP contribution < -0.4 is 4.74 Å².